The van der Waals surface area contributed by atoms with Crippen molar-refractivity contribution in [2.75, 3.05) is 18.9 Å². The third-order valence-electron chi connectivity index (χ3n) is 1.46. The standard InChI is InChI=1S/C6H14NO4S/c1-3-11-6(8,5-7)12(9,10)4-2/h7-8H,3-5H2,1-2H3. The first kappa shape index (κ1) is 11.8. The summed E-state index contributed by atoms with van der Waals surface area (Å²) in [6.07, 6.45) is 0. The number of aliphatic hydroxyl groups is 1. The van der Waals surface area contributed by atoms with Crippen molar-refractivity contribution in [3.05, 3.63) is 0 Å². The molecule has 2 N–H and O–H groups in total. The Labute approximate surface area is 72.4 Å². The molecule has 0 bridgehead atoms. The lowest BCUT2D eigenvalue weighted by atomic mass is 10.6. The molecule has 73 valence electrons. The van der Waals surface area contributed by atoms with Crippen LogP contribution in [0.25, 0.3) is 0 Å². The molecule has 0 rings (SSSR count). The van der Waals surface area contributed by atoms with Crippen molar-refractivity contribution in [1.29, 1.82) is 0 Å². The fraction of sp³-hybridized carbons (Fsp3) is 1.00. The van der Waals surface area contributed by atoms with Crippen molar-refractivity contribution in [2.24, 2.45) is 0 Å². The van der Waals surface area contributed by atoms with Crippen LogP contribution in [0.3, 0.4) is 0 Å². The molecule has 5 nitrogen and oxygen atoms in total. The molecule has 1 unspecified atom stereocenters. The quantitative estimate of drug-likeness (QED) is 0.594. The monoisotopic (exact) mass is 196 g/mol. The van der Waals surface area contributed by atoms with E-state index in [0.717, 1.165) is 0 Å². The molecule has 12 heavy (non-hydrogen) atoms. The van der Waals surface area contributed by atoms with E-state index in [0.29, 0.717) is 0 Å². The normalized spacial score (nSPS) is 17.3. The second-order valence-corrected chi connectivity index (χ2v) is 4.67. The van der Waals surface area contributed by atoms with Gasteiger partial charge in [0.2, 0.25) is 9.84 Å². The fourth-order valence-electron chi connectivity index (χ4n) is 0.702. The summed E-state index contributed by atoms with van der Waals surface area (Å²) in [5.41, 5.74) is 6.86. The van der Waals surface area contributed by atoms with Gasteiger partial charge in [-0.15, -0.1) is 0 Å². The molecule has 0 aliphatic rings. The summed E-state index contributed by atoms with van der Waals surface area (Å²) in [5, 5.41) is 7.03. The fourth-order valence-corrected chi connectivity index (χ4v) is 1.67. The number of hydrogen-bond acceptors (Lipinski definition) is 4. The molecular weight excluding hydrogens is 182 g/mol. The van der Waals surface area contributed by atoms with Gasteiger partial charge in [-0.3, -0.25) is 5.73 Å². The molecule has 1 radical (unpaired) electrons. The zero-order chi connectivity index (χ0) is 9.83. The van der Waals surface area contributed by atoms with E-state index in [9.17, 15) is 13.5 Å². The van der Waals surface area contributed by atoms with Crippen molar-refractivity contribution < 1.29 is 18.3 Å². The second-order valence-electron chi connectivity index (χ2n) is 2.23. The van der Waals surface area contributed by atoms with Gasteiger partial charge in [-0.1, -0.05) is 6.92 Å². The van der Waals surface area contributed by atoms with Crippen LogP contribution in [-0.4, -0.2) is 37.5 Å². The minimum Gasteiger partial charge on any atom is -0.352 e. The topological polar surface area (TPSA) is 87.4 Å². The number of ether oxygens (including phenoxy) is 1. The van der Waals surface area contributed by atoms with Crippen LogP contribution in [-0.2, 0) is 14.6 Å². The molecule has 0 aliphatic carbocycles. The first-order valence-electron chi connectivity index (χ1n) is 3.66. The third kappa shape index (κ3) is 2.16. The molecule has 0 aromatic heterocycles. The Hall–Kier alpha value is -0.170. The van der Waals surface area contributed by atoms with Gasteiger partial charge >= 0.3 is 0 Å². The Morgan fingerprint density at radius 1 is 1.50 bits per heavy atom. The van der Waals surface area contributed by atoms with Crippen molar-refractivity contribution in [2.45, 2.75) is 19.0 Å². The lowest BCUT2D eigenvalue weighted by Crippen LogP contribution is -2.46. The van der Waals surface area contributed by atoms with E-state index >= 15 is 0 Å². The number of rotatable bonds is 5. The van der Waals surface area contributed by atoms with Gasteiger partial charge in [0.1, 0.15) is 0 Å². The van der Waals surface area contributed by atoms with Crippen molar-refractivity contribution >= 4 is 9.84 Å². The molecular formula is C6H14NO4S. The summed E-state index contributed by atoms with van der Waals surface area (Å²) in [5.74, 6) is -0.234. The van der Waals surface area contributed by atoms with Crippen LogP contribution in [0.15, 0.2) is 0 Å². The summed E-state index contributed by atoms with van der Waals surface area (Å²) in [7, 11) is -3.73. The average molecular weight is 196 g/mol. The van der Waals surface area contributed by atoms with E-state index in [4.69, 9.17) is 5.73 Å². The first-order valence-corrected chi connectivity index (χ1v) is 5.32. The van der Waals surface area contributed by atoms with Crippen LogP contribution in [0, 0.1) is 0 Å². The Bertz CT molecular complexity index is 226. The Balaban J connectivity index is 4.75. The molecule has 0 saturated carbocycles. The van der Waals surface area contributed by atoms with Crippen LogP contribution in [0.1, 0.15) is 13.8 Å². The predicted molar refractivity (Wildman–Crippen MR) is 44.0 cm³/mol. The van der Waals surface area contributed by atoms with Crippen LogP contribution < -0.4 is 5.73 Å². The van der Waals surface area contributed by atoms with E-state index in [1.807, 2.05) is 0 Å². The highest BCUT2D eigenvalue weighted by Gasteiger charge is 2.40. The summed E-state index contributed by atoms with van der Waals surface area (Å²) < 4.78 is 26.9. The van der Waals surface area contributed by atoms with Crippen molar-refractivity contribution in [1.82, 2.24) is 5.73 Å². The average Bonchev–Trinajstić information content (AvgIpc) is 2.04. The molecule has 0 heterocycles. The van der Waals surface area contributed by atoms with E-state index in [-0.39, 0.29) is 12.4 Å². The van der Waals surface area contributed by atoms with E-state index < -0.39 is 21.5 Å². The summed E-state index contributed by atoms with van der Waals surface area (Å²) in [4.78, 5) is 0. The number of nitrogens with one attached hydrogen (secondary N) is 1. The van der Waals surface area contributed by atoms with Gasteiger partial charge in [0.05, 0.1) is 12.3 Å². The van der Waals surface area contributed by atoms with Crippen LogP contribution >= 0.6 is 0 Å². The Morgan fingerprint density at radius 3 is 2.25 bits per heavy atom. The minimum atomic E-state index is -3.73. The van der Waals surface area contributed by atoms with Gasteiger partial charge in [-0.25, -0.2) is 8.42 Å². The Kier molecular flexibility index (Phi) is 4.12. The lowest BCUT2D eigenvalue weighted by Gasteiger charge is -2.24. The van der Waals surface area contributed by atoms with Crippen LogP contribution in [0.2, 0.25) is 0 Å². The second kappa shape index (κ2) is 4.18. The molecule has 6 heteroatoms. The number of sulfone groups is 1. The third-order valence-corrected chi connectivity index (χ3v) is 3.45. The largest absolute Gasteiger partial charge is 0.352 e. The zero-order valence-electron chi connectivity index (χ0n) is 7.20. The van der Waals surface area contributed by atoms with Gasteiger partial charge < -0.3 is 9.84 Å². The van der Waals surface area contributed by atoms with E-state index in [2.05, 4.69) is 4.74 Å². The van der Waals surface area contributed by atoms with Crippen molar-refractivity contribution in [3.8, 4) is 0 Å². The minimum absolute atomic E-state index is 0.0641. The Morgan fingerprint density at radius 2 is 2.00 bits per heavy atom. The molecule has 0 amide bonds. The lowest BCUT2D eigenvalue weighted by molar-refractivity contribution is -0.127. The van der Waals surface area contributed by atoms with Crippen LogP contribution in [0.4, 0.5) is 0 Å². The SMILES string of the molecule is CCOC(O)(C[NH])S(=O)(=O)CC. The molecule has 0 aliphatic heterocycles. The molecule has 0 aromatic rings. The first-order chi connectivity index (χ1) is 5.43. The summed E-state index contributed by atoms with van der Waals surface area (Å²) in [6.45, 7) is 2.33. The predicted octanol–water partition coefficient (Wildman–Crippen LogP) is -0.613. The highest BCUT2D eigenvalue weighted by atomic mass is 32.2. The van der Waals surface area contributed by atoms with Gasteiger partial charge in [0, 0.05) is 6.61 Å². The highest BCUT2D eigenvalue weighted by molar-refractivity contribution is 7.92. The van der Waals surface area contributed by atoms with Gasteiger partial charge in [0.15, 0.2) is 0 Å². The van der Waals surface area contributed by atoms with E-state index in [1.54, 1.807) is 6.92 Å². The molecule has 0 aromatic carbocycles. The molecule has 0 fully saturated rings. The molecule has 0 spiro atoms. The van der Waals surface area contributed by atoms with Gasteiger partial charge in [-0.05, 0) is 6.92 Å². The smallest absolute Gasteiger partial charge is 0.285 e. The molecule has 0 saturated heterocycles. The number of hydrogen-bond donors (Lipinski definition) is 1. The van der Waals surface area contributed by atoms with Gasteiger partial charge in [-0.2, -0.15) is 0 Å². The highest BCUT2D eigenvalue weighted by Crippen LogP contribution is 2.15. The van der Waals surface area contributed by atoms with Crippen LogP contribution in [0.5, 0.6) is 0 Å². The summed E-state index contributed by atoms with van der Waals surface area (Å²) >= 11 is 0. The van der Waals surface area contributed by atoms with Gasteiger partial charge in [0.25, 0.3) is 5.12 Å². The van der Waals surface area contributed by atoms with Crippen molar-refractivity contribution in [3.63, 3.8) is 0 Å². The maximum absolute atomic E-state index is 11.1. The maximum Gasteiger partial charge on any atom is 0.285 e. The molecule has 1 atom stereocenters. The summed E-state index contributed by atoms with van der Waals surface area (Å²) in [6, 6.07) is 0. The van der Waals surface area contributed by atoms with E-state index in [1.165, 1.54) is 6.92 Å². The zero-order valence-corrected chi connectivity index (χ0v) is 8.02. The maximum atomic E-state index is 11.1.